The normalized spacial score (nSPS) is 17.3. The van der Waals surface area contributed by atoms with Crippen molar-refractivity contribution >= 4 is 29.2 Å². The highest BCUT2D eigenvalue weighted by Gasteiger charge is 2.44. The van der Waals surface area contributed by atoms with Crippen molar-refractivity contribution in [3.05, 3.63) is 65.2 Å². The van der Waals surface area contributed by atoms with Gasteiger partial charge >= 0.3 is 6.09 Å². The minimum Gasteiger partial charge on any atom is -0.443 e. The van der Waals surface area contributed by atoms with Crippen LogP contribution in [0.15, 0.2) is 42.6 Å². The number of hydrogen-bond donors (Lipinski definition) is 1. The second kappa shape index (κ2) is 9.84. The number of hydrogen-bond acceptors (Lipinski definition) is 8. The van der Waals surface area contributed by atoms with Gasteiger partial charge < -0.3 is 15.0 Å². The quantitative estimate of drug-likeness (QED) is 0.408. The predicted octanol–water partition coefficient (Wildman–Crippen LogP) is 6.17. The van der Waals surface area contributed by atoms with Gasteiger partial charge in [0.25, 0.3) is 5.91 Å². The minimum absolute atomic E-state index is 0.0193. The third-order valence-corrected chi connectivity index (χ3v) is 8.02. The molecule has 0 radical (unpaired) electrons. The lowest BCUT2D eigenvalue weighted by molar-refractivity contribution is 0.0247. The van der Waals surface area contributed by atoms with Crippen molar-refractivity contribution < 1.29 is 18.7 Å². The number of nitrogens with one attached hydrogen (secondary N) is 1. The molecule has 4 heterocycles. The second-order valence-electron chi connectivity index (χ2n) is 12.0. The Morgan fingerprint density at radius 3 is 2.51 bits per heavy atom. The number of piperidine rings is 1. The Labute approximate surface area is 238 Å². The average molecular weight is 555 g/mol. The van der Waals surface area contributed by atoms with Crippen LogP contribution in [0.1, 0.15) is 68.1 Å². The van der Waals surface area contributed by atoms with E-state index >= 15 is 0 Å². The van der Waals surface area contributed by atoms with Crippen LogP contribution in [-0.2, 0) is 11.3 Å². The van der Waals surface area contributed by atoms with Gasteiger partial charge in [-0.3, -0.25) is 4.79 Å². The van der Waals surface area contributed by atoms with Crippen LogP contribution in [0.25, 0.3) is 11.3 Å². The van der Waals surface area contributed by atoms with Gasteiger partial charge in [0, 0.05) is 13.1 Å². The number of nitriles is 1. The number of carbonyl (C=O) groups excluding carboxylic acids is 2. The van der Waals surface area contributed by atoms with E-state index in [-0.39, 0.29) is 34.6 Å². The molecule has 0 atom stereocenters. The second-order valence-corrected chi connectivity index (χ2v) is 12.0. The van der Waals surface area contributed by atoms with E-state index in [2.05, 4.69) is 20.2 Å². The van der Waals surface area contributed by atoms with Gasteiger partial charge in [0.1, 0.15) is 17.2 Å². The van der Waals surface area contributed by atoms with Crippen LogP contribution in [0.2, 0.25) is 0 Å². The number of pyridine rings is 2. The standard InChI is InChI=1S/C31H31FN6O3/c1-30(2,3)41-29(40)38-18-24-27(28(38)39)23(15-22(35-24)26-19(16-33)5-4-6-21(26)32)36-25-8-7-20(17-34-25)37-13-11-31(9-10-31)12-14-37/h4-8,15,17H,9-14,18H2,1-3H3,(H,34,35,36). The zero-order chi connectivity index (χ0) is 28.9. The third-order valence-electron chi connectivity index (χ3n) is 8.02. The first-order valence-electron chi connectivity index (χ1n) is 13.8. The van der Waals surface area contributed by atoms with E-state index in [0.29, 0.717) is 16.9 Å². The van der Waals surface area contributed by atoms with Gasteiger partial charge in [-0.2, -0.15) is 5.26 Å². The van der Waals surface area contributed by atoms with Crippen molar-refractivity contribution in [2.75, 3.05) is 23.3 Å². The molecule has 1 N–H and O–H groups in total. The number of fused-ring (bicyclic) bond motifs is 1. The Morgan fingerprint density at radius 1 is 1.12 bits per heavy atom. The highest BCUT2D eigenvalue weighted by molar-refractivity contribution is 6.10. The monoisotopic (exact) mass is 554 g/mol. The summed E-state index contributed by atoms with van der Waals surface area (Å²) in [4.78, 5) is 38.8. The van der Waals surface area contributed by atoms with Crippen LogP contribution in [0.4, 0.5) is 26.4 Å². The number of halogens is 1. The molecule has 2 aromatic heterocycles. The summed E-state index contributed by atoms with van der Waals surface area (Å²) in [7, 11) is 0. The summed E-state index contributed by atoms with van der Waals surface area (Å²) >= 11 is 0. The van der Waals surface area contributed by atoms with E-state index < -0.39 is 23.4 Å². The Kier molecular flexibility index (Phi) is 6.40. The van der Waals surface area contributed by atoms with Crippen LogP contribution in [0.3, 0.4) is 0 Å². The molecule has 10 heteroatoms. The number of benzene rings is 1. The zero-order valence-corrected chi connectivity index (χ0v) is 23.3. The number of rotatable bonds is 4. The molecule has 2 amide bonds. The SMILES string of the molecule is CC(C)(C)OC(=O)N1Cc2nc(-c3c(F)cccc3C#N)cc(Nc3ccc(N4CCC5(CC4)CC5)cn3)c2C1=O. The molecular formula is C31H31FN6O3. The molecule has 1 saturated heterocycles. The Morgan fingerprint density at radius 2 is 1.88 bits per heavy atom. The van der Waals surface area contributed by atoms with E-state index in [1.807, 2.05) is 18.2 Å². The average Bonchev–Trinajstić information content (AvgIpc) is 3.60. The number of ether oxygens (including phenoxy) is 1. The summed E-state index contributed by atoms with van der Waals surface area (Å²) in [6, 6.07) is 11.6. The number of imide groups is 1. The summed E-state index contributed by atoms with van der Waals surface area (Å²) < 4.78 is 20.4. The van der Waals surface area contributed by atoms with Crippen molar-refractivity contribution in [3.63, 3.8) is 0 Å². The Balaban J connectivity index is 1.34. The van der Waals surface area contributed by atoms with Crippen molar-refractivity contribution in [2.24, 2.45) is 5.41 Å². The van der Waals surface area contributed by atoms with Gasteiger partial charge in [-0.15, -0.1) is 0 Å². The number of anilines is 3. The molecule has 210 valence electrons. The maximum absolute atomic E-state index is 15.0. The van der Waals surface area contributed by atoms with Crippen LogP contribution < -0.4 is 10.2 Å². The van der Waals surface area contributed by atoms with E-state index in [0.717, 1.165) is 23.7 Å². The molecule has 1 saturated carbocycles. The Hall–Kier alpha value is -4.52. The maximum atomic E-state index is 15.0. The van der Waals surface area contributed by atoms with Crippen molar-refractivity contribution in [2.45, 2.75) is 58.6 Å². The lowest BCUT2D eigenvalue weighted by atomic mass is 9.93. The molecule has 3 aromatic rings. The van der Waals surface area contributed by atoms with Crippen LogP contribution in [-0.4, -0.2) is 45.6 Å². The molecule has 2 fully saturated rings. The first-order valence-corrected chi connectivity index (χ1v) is 13.8. The fraction of sp³-hybridized carbons (Fsp3) is 0.387. The fourth-order valence-electron chi connectivity index (χ4n) is 5.58. The van der Waals surface area contributed by atoms with Crippen molar-refractivity contribution in [1.29, 1.82) is 5.26 Å². The number of nitrogens with zero attached hydrogens (tertiary/aromatic N) is 5. The van der Waals surface area contributed by atoms with E-state index in [1.165, 1.54) is 49.9 Å². The van der Waals surface area contributed by atoms with Crippen LogP contribution in [0, 0.1) is 22.6 Å². The van der Waals surface area contributed by atoms with Gasteiger partial charge in [-0.25, -0.2) is 24.1 Å². The Bertz CT molecular complexity index is 1580. The lowest BCUT2D eigenvalue weighted by Gasteiger charge is -2.33. The first-order chi connectivity index (χ1) is 19.6. The molecule has 2 aliphatic heterocycles. The van der Waals surface area contributed by atoms with Crippen molar-refractivity contribution in [1.82, 2.24) is 14.9 Å². The highest BCUT2D eigenvalue weighted by atomic mass is 19.1. The molecule has 0 unspecified atom stereocenters. The number of amides is 2. The van der Waals surface area contributed by atoms with E-state index in [4.69, 9.17) is 4.74 Å². The summed E-state index contributed by atoms with van der Waals surface area (Å²) in [5.41, 5.74) is 1.84. The van der Waals surface area contributed by atoms with Gasteiger partial charge in [-0.1, -0.05) is 6.07 Å². The van der Waals surface area contributed by atoms with E-state index in [1.54, 1.807) is 27.0 Å². The summed E-state index contributed by atoms with van der Waals surface area (Å²) in [5, 5.41) is 12.8. The van der Waals surface area contributed by atoms with Gasteiger partial charge in [-0.05, 0) is 82.2 Å². The smallest absolute Gasteiger partial charge is 0.417 e. The topological polar surface area (TPSA) is 111 Å². The first kappa shape index (κ1) is 26.7. The maximum Gasteiger partial charge on any atom is 0.417 e. The van der Waals surface area contributed by atoms with Gasteiger partial charge in [0.05, 0.1) is 58.3 Å². The van der Waals surface area contributed by atoms with Crippen LogP contribution in [0.5, 0.6) is 0 Å². The largest absolute Gasteiger partial charge is 0.443 e. The lowest BCUT2D eigenvalue weighted by Crippen LogP contribution is -2.37. The summed E-state index contributed by atoms with van der Waals surface area (Å²) in [6.45, 7) is 7.01. The predicted molar refractivity (Wildman–Crippen MR) is 151 cm³/mol. The molecule has 6 rings (SSSR count). The molecule has 41 heavy (non-hydrogen) atoms. The number of carbonyl (C=O) groups is 2. The van der Waals surface area contributed by atoms with Gasteiger partial charge in [0.2, 0.25) is 0 Å². The van der Waals surface area contributed by atoms with Crippen LogP contribution >= 0.6 is 0 Å². The highest BCUT2D eigenvalue weighted by Crippen LogP contribution is 2.53. The molecule has 1 spiro atoms. The summed E-state index contributed by atoms with van der Waals surface area (Å²) in [5.74, 6) is -0.724. The zero-order valence-electron chi connectivity index (χ0n) is 23.3. The van der Waals surface area contributed by atoms with Crippen molar-refractivity contribution in [3.8, 4) is 17.3 Å². The molecule has 3 aliphatic rings. The third kappa shape index (κ3) is 5.20. The molecular weight excluding hydrogens is 523 g/mol. The summed E-state index contributed by atoms with van der Waals surface area (Å²) in [6.07, 6.45) is 6.09. The van der Waals surface area contributed by atoms with E-state index in [9.17, 15) is 19.2 Å². The molecule has 0 bridgehead atoms. The minimum atomic E-state index is -0.806. The number of aromatic nitrogens is 2. The van der Waals surface area contributed by atoms with Gasteiger partial charge in [0.15, 0.2) is 0 Å². The molecule has 1 aliphatic carbocycles. The fourth-order valence-corrected chi connectivity index (χ4v) is 5.58. The molecule has 1 aromatic carbocycles. The molecule has 9 nitrogen and oxygen atoms in total.